The minimum absolute atomic E-state index is 0.0187. The van der Waals surface area contributed by atoms with E-state index in [2.05, 4.69) is 19.1 Å². The van der Waals surface area contributed by atoms with Crippen molar-refractivity contribution in [1.82, 2.24) is 0 Å². The second-order valence-electron chi connectivity index (χ2n) is 5.05. The van der Waals surface area contributed by atoms with Gasteiger partial charge in [-0.05, 0) is 30.7 Å². The van der Waals surface area contributed by atoms with Crippen LogP contribution in [0.25, 0.3) is 0 Å². The molecule has 0 bridgehead atoms. The van der Waals surface area contributed by atoms with Crippen LogP contribution in [0.4, 0.5) is 5.69 Å². The average molecular weight is 290 g/mol. The summed E-state index contributed by atoms with van der Waals surface area (Å²) >= 11 is 5.94. The van der Waals surface area contributed by atoms with Crippen molar-refractivity contribution in [2.75, 3.05) is 12.3 Å². The molecule has 1 aliphatic rings. The van der Waals surface area contributed by atoms with Crippen LogP contribution in [0.3, 0.4) is 0 Å². The number of hydrogen-bond acceptors (Lipinski definition) is 3. The van der Waals surface area contributed by atoms with E-state index >= 15 is 0 Å². The molecule has 104 valence electrons. The Morgan fingerprint density at radius 1 is 1.30 bits per heavy atom. The predicted molar refractivity (Wildman–Crippen MR) is 80.7 cm³/mol. The maximum Gasteiger partial charge on any atom is 0.143 e. The fraction of sp³-hybridized carbons (Fsp3) is 0.250. The van der Waals surface area contributed by atoms with Crippen LogP contribution >= 0.6 is 11.6 Å². The molecule has 2 aromatic carbocycles. The van der Waals surface area contributed by atoms with Gasteiger partial charge in [0.2, 0.25) is 0 Å². The third-order valence-corrected chi connectivity index (χ3v) is 3.59. The first-order valence-electron chi connectivity index (χ1n) is 6.56. The molecular weight excluding hydrogens is 274 g/mol. The zero-order chi connectivity index (χ0) is 14.1. The van der Waals surface area contributed by atoms with E-state index in [-0.39, 0.29) is 6.10 Å². The lowest BCUT2D eigenvalue weighted by molar-refractivity contribution is 0.149. The number of benzene rings is 2. The Hall–Kier alpha value is -1.87. The summed E-state index contributed by atoms with van der Waals surface area (Å²) in [6, 6.07) is 11.4. The van der Waals surface area contributed by atoms with Gasteiger partial charge in [0.15, 0.2) is 0 Å². The Balaban J connectivity index is 1.65. The number of nitrogen functional groups attached to an aromatic ring is 1. The zero-order valence-corrected chi connectivity index (χ0v) is 12.0. The average Bonchev–Trinajstić information content (AvgIpc) is 2.81. The molecule has 20 heavy (non-hydrogen) atoms. The van der Waals surface area contributed by atoms with Gasteiger partial charge in [-0.3, -0.25) is 0 Å². The van der Waals surface area contributed by atoms with Crippen LogP contribution in [0, 0.1) is 6.92 Å². The van der Waals surface area contributed by atoms with Gasteiger partial charge >= 0.3 is 0 Å². The summed E-state index contributed by atoms with van der Waals surface area (Å²) < 4.78 is 11.6. The lowest BCUT2D eigenvalue weighted by atomic mass is 10.1. The van der Waals surface area contributed by atoms with E-state index in [0.717, 1.165) is 12.2 Å². The molecule has 2 N–H and O–H groups in total. The van der Waals surface area contributed by atoms with Gasteiger partial charge in [-0.1, -0.05) is 29.3 Å². The summed E-state index contributed by atoms with van der Waals surface area (Å²) in [6.07, 6.45) is 0.877. The lowest BCUT2D eigenvalue weighted by Gasteiger charge is -2.14. The Morgan fingerprint density at radius 2 is 2.15 bits per heavy atom. The molecule has 3 rings (SSSR count). The van der Waals surface area contributed by atoms with Crippen molar-refractivity contribution in [2.24, 2.45) is 0 Å². The highest BCUT2D eigenvalue weighted by atomic mass is 35.5. The van der Waals surface area contributed by atoms with Crippen LogP contribution in [0.2, 0.25) is 5.02 Å². The summed E-state index contributed by atoms with van der Waals surface area (Å²) in [5, 5.41) is 0.612. The molecule has 0 saturated carbocycles. The molecule has 0 aromatic heterocycles. The highest BCUT2D eigenvalue weighted by Crippen LogP contribution is 2.31. The number of hydrogen-bond donors (Lipinski definition) is 1. The first-order valence-corrected chi connectivity index (χ1v) is 6.93. The maximum atomic E-state index is 5.94. The van der Waals surface area contributed by atoms with Crippen molar-refractivity contribution in [1.29, 1.82) is 0 Å². The second-order valence-corrected chi connectivity index (χ2v) is 5.48. The van der Waals surface area contributed by atoms with Crippen molar-refractivity contribution >= 4 is 17.3 Å². The van der Waals surface area contributed by atoms with Crippen molar-refractivity contribution in [2.45, 2.75) is 19.4 Å². The number of aryl methyl sites for hydroxylation is 1. The predicted octanol–water partition coefficient (Wildman–Crippen LogP) is 3.61. The normalized spacial score (nSPS) is 16.6. The van der Waals surface area contributed by atoms with E-state index in [1.165, 1.54) is 11.1 Å². The maximum absolute atomic E-state index is 5.94. The molecule has 0 aliphatic carbocycles. The zero-order valence-electron chi connectivity index (χ0n) is 11.2. The number of ether oxygens (including phenoxy) is 2. The minimum Gasteiger partial charge on any atom is -0.488 e. The van der Waals surface area contributed by atoms with Crippen molar-refractivity contribution in [3.8, 4) is 11.5 Å². The molecule has 3 nitrogen and oxygen atoms in total. The molecule has 2 aromatic rings. The van der Waals surface area contributed by atoms with Crippen molar-refractivity contribution in [3.05, 3.63) is 52.5 Å². The molecule has 4 heteroatoms. The molecule has 1 atom stereocenters. The summed E-state index contributed by atoms with van der Waals surface area (Å²) in [6.45, 7) is 2.54. The molecule has 0 radical (unpaired) electrons. The third-order valence-electron chi connectivity index (χ3n) is 3.36. The number of rotatable bonds is 3. The van der Waals surface area contributed by atoms with Crippen LogP contribution in [0.15, 0.2) is 36.4 Å². The topological polar surface area (TPSA) is 44.5 Å². The SMILES string of the molecule is Cc1ccc2c(c1)CC(COc1cc(Cl)ccc1N)O2. The summed E-state index contributed by atoms with van der Waals surface area (Å²) in [5.41, 5.74) is 8.92. The molecule has 1 unspecified atom stereocenters. The van der Waals surface area contributed by atoms with Gasteiger partial charge in [-0.2, -0.15) is 0 Å². The summed E-state index contributed by atoms with van der Waals surface area (Å²) in [7, 11) is 0. The van der Waals surface area contributed by atoms with E-state index < -0.39 is 0 Å². The van der Waals surface area contributed by atoms with Gasteiger partial charge in [-0.15, -0.1) is 0 Å². The van der Waals surface area contributed by atoms with E-state index in [1.54, 1.807) is 18.2 Å². The summed E-state index contributed by atoms with van der Waals surface area (Å²) in [4.78, 5) is 0. The third kappa shape index (κ3) is 2.68. The quantitative estimate of drug-likeness (QED) is 0.878. The van der Waals surface area contributed by atoms with E-state index in [1.807, 2.05) is 6.07 Å². The number of anilines is 1. The van der Waals surface area contributed by atoms with Gasteiger partial charge in [0.05, 0.1) is 5.69 Å². The largest absolute Gasteiger partial charge is 0.488 e. The Labute approximate surface area is 123 Å². The molecule has 0 spiro atoms. The molecule has 0 fully saturated rings. The highest BCUT2D eigenvalue weighted by Gasteiger charge is 2.23. The monoisotopic (exact) mass is 289 g/mol. The van der Waals surface area contributed by atoms with Gasteiger partial charge in [0.1, 0.15) is 24.2 Å². The summed E-state index contributed by atoms with van der Waals surface area (Å²) in [5.74, 6) is 1.55. The van der Waals surface area contributed by atoms with E-state index in [0.29, 0.717) is 23.1 Å². The van der Waals surface area contributed by atoms with Crippen molar-refractivity contribution < 1.29 is 9.47 Å². The molecular formula is C16H16ClNO2. The first kappa shape index (κ1) is 13.1. The molecule has 0 amide bonds. The van der Waals surface area contributed by atoms with Crippen LogP contribution in [0.1, 0.15) is 11.1 Å². The molecule has 1 aliphatic heterocycles. The van der Waals surface area contributed by atoms with Crippen LogP contribution in [0.5, 0.6) is 11.5 Å². The highest BCUT2D eigenvalue weighted by molar-refractivity contribution is 6.30. The second kappa shape index (κ2) is 5.25. The molecule has 1 heterocycles. The number of fused-ring (bicyclic) bond motifs is 1. The van der Waals surface area contributed by atoms with E-state index in [9.17, 15) is 0 Å². The van der Waals surface area contributed by atoms with Crippen LogP contribution < -0.4 is 15.2 Å². The minimum atomic E-state index is 0.0187. The Bertz CT molecular complexity index is 642. The van der Waals surface area contributed by atoms with Gasteiger partial charge in [-0.25, -0.2) is 0 Å². The number of nitrogens with two attached hydrogens (primary N) is 1. The van der Waals surface area contributed by atoms with Gasteiger partial charge < -0.3 is 15.2 Å². The Kier molecular flexibility index (Phi) is 3.45. The fourth-order valence-corrected chi connectivity index (χ4v) is 2.52. The first-order chi connectivity index (χ1) is 9.61. The van der Waals surface area contributed by atoms with Crippen LogP contribution in [-0.4, -0.2) is 12.7 Å². The Morgan fingerprint density at radius 3 is 3.00 bits per heavy atom. The van der Waals surface area contributed by atoms with Gasteiger partial charge in [0.25, 0.3) is 0 Å². The van der Waals surface area contributed by atoms with Crippen LogP contribution in [-0.2, 0) is 6.42 Å². The van der Waals surface area contributed by atoms with Gasteiger partial charge in [0, 0.05) is 17.5 Å². The number of halogens is 1. The smallest absolute Gasteiger partial charge is 0.143 e. The van der Waals surface area contributed by atoms with Crippen molar-refractivity contribution in [3.63, 3.8) is 0 Å². The van der Waals surface area contributed by atoms with E-state index in [4.69, 9.17) is 26.8 Å². The fourth-order valence-electron chi connectivity index (χ4n) is 2.36. The molecule has 0 saturated heterocycles. The standard InChI is InChI=1S/C16H16ClNO2/c1-10-2-5-15-11(6-10)7-13(20-15)9-19-16-8-12(17)3-4-14(16)18/h2-6,8,13H,7,9,18H2,1H3. The lowest BCUT2D eigenvalue weighted by Crippen LogP contribution is -2.22.